The summed E-state index contributed by atoms with van der Waals surface area (Å²) in [5.74, 6) is 0.522. The molecule has 1 aromatic heterocycles. The summed E-state index contributed by atoms with van der Waals surface area (Å²) in [6, 6.07) is 0. The number of hydrogen-bond donors (Lipinski definition) is 0. The van der Waals surface area contributed by atoms with E-state index in [9.17, 15) is 0 Å². The van der Waals surface area contributed by atoms with Crippen LogP contribution in [0.15, 0.2) is 5.38 Å². The molecule has 18 heavy (non-hydrogen) atoms. The molecule has 0 atom stereocenters. The van der Waals surface area contributed by atoms with Gasteiger partial charge in [0.2, 0.25) is 0 Å². The highest BCUT2D eigenvalue weighted by molar-refractivity contribution is 7.09. The standard InChI is InChI=1S/C13H22ClN3S/c1-13(2,3)17-6-4-16(5-7-17)9-12-15-11(8-14)10-18-12/h10H,4-9H2,1-3H3. The quantitative estimate of drug-likeness (QED) is 0.797. The van der Waals surface area contributed by atoms with Crippen LogP contribution in [0.4, 0.5) is 0 Å². The molecule has 0 aromatic carbocycles. The van der Waals surface area contributed by atoms with Gasteiger partial charge in [0.05, 0.1) is 18.1 Å². The molecule has 2 rings (SSSR count). The first-order valence-electron chi connectivity index (χ1n) is 6.45. The van der Waals surface area contributed by atoms with Crippen molar-refractivity contribution in [2.45, 2.75) is 38.7 Å². The van der Waals surface area contributed by atoms with Gasteiger partial charge >= 0.3 is 0 Å². The number of rotatable bonds is 3. The van der Waals surface area contributed by atoms with Crippen LogP contribution >= 0.6 is 22.9 Å². The lowest BCUT2D eigenvalue weighted by atomic mass is 10.1. The molecule has 0 spiro atoms. The number of piperazine rings is 1. The molecule has 1 fully saturated rings. The van der Waals surface area contributed by atoms with E-state index in [0.29, 0.717) is 11.4 Å². The number of aromatic nitrogens is 1. The summed E-state index contributed by atoms with van der Waals surface area (Å²) >= 11 is 7.50. The summed E-state index contributed by atoms with van der Waals surface area (Å²) in [5, 5.41) is 3.25. The lowest BCUT2D eigenvalue weighted by Crippen LogP contribution is -2.53. The number of hydrogen-bond acceptors (Lipinski definition) is 4. The van der Waals surface area contributed by atoms with Gasteiger partial charge < -0.3 is 0 Å². The molecule has 1 aromatic rings. The van der Waals surface area contributed by atoms with Gasteiger partial charge in [-0.1, -0.05) is 0 Å². The average molecular weight is 288 g/mol. The highest BCUT2D eigenvalue weighted by atomic mass is 35.5. The molecule has 0 saturated carbocycles. The van der Waals surface area contributed by atoms with Crippen LogP contribution in [0, 0.1) is 0 Å². The van der Waals surface area contributed by atoms with Crippen molar-refractivity contribution in [3.63, 3.8) is 0 Å². The minimum atomic E-state index is 0.291. The smallest absolute Gasteiger partial charge is 0.107 e. The van der Waals surface area contributed by atoms with E-state index >= 15 is 0 Å². The molecule has 5 heteroatoms. The van der Waals surface area contributed by atoms with Crippen LogP contribution in [0.2, 0.25) is 0 Å². The normalized spacial score (nSPS) is 19.3. The van der Waals surface area contributed by atoms with E-state index in [1.54, 1.807) is 11.3 Å². The Morgan fingerprint density at radius 1 is 1.28 bits per heavy atom. The summed E-state index contributed by atoms with van der Waals surface area (Å²) < 4.78 is 0. The maximum atomic E-state index is 5.78. The van der Waals surface area contributed by atoms with Crippen molar-refractivity contribution in [3.8, 4) is 0 Å². The summed E-state index contributed by atoms with van der Waals surface area (Å²) in [6.45, 7) is 12.4. The molecule has 0 N–H and O–H groups in total. The van der Waals surface area contributed by atoms with Crippen molar-refractivity contribution in [1.29, 1.82) is 0 Å². The SMILES string of the molecule is CC(C)(C)N1CCN(Cc2nc(CCl)cs2)CC1. The van der Waals surface area contributed by atoms with E-state index in [1.807, 2.05) is 0 Å². The Morgan fingerprint density at radius 3 is 2.44 bits per heavy atom. The Bertz CT molecular complexity index is 378. The lowest BCUT2D eigenvalue weighted by Gasteiger charge is -2.42. The van der Waals surface area contributed by atoms with Crippen LogP contribution in [-0.4, -0.2) is 46.5 Å². The molecular weight excluding hydrogens is 266 g/mol. The van der Waals surface area contributed by atoms with Gasteiger partial charge in [0.15, 0.2) is 0 Å². The first-order valence-corrected chi connectivity index (χ1v) is 7.87. The molecular formula is C13H22ClN3S. The summed E-state index contributed by atoms with van der Waals surface area (Å²) in [4.78, 5) is 9.56. The van der Waals surface area contributed by atoms with Crippen molar-refractivity contribution in [2.24, 2.45) is 0 Å². The molecule has 1 aliphatic rings. The van der Waals surface area contributed by atoms with Gasteiger partial charge in [-0.25, -0.2) is 4.98 Å². The molecule has 0 amide bonds. The number of alkyl halides is 1. The zero-order valence-corrected chi connectivity index (χ0v) is 13.0. The Hall–Kier alpha value is -0.160. The molecule has 0 bridgehead atoms. The number of nitrogens with zero attached hydrogens (tertiary/aromatic N) is 3. The zero-order chi connectivity index (χ0) is 13.2. The van der Waals surface area contributed by atoms with Gasteiger partial charge in [-0.3, -0.25) is 9.80 Å². The van der Waals surface area contributed by atoms with E-state index in [2.05, 4.69) is 40.9 Å². The van der Waals surface area contributed by atoms with Gasteiger partial charge in [0, 0.05) is 37.1 Å². The van der Waals surface area contributed by atoms with Crippen LogP contribution in [-0.2, 0) is 12.4 Å². The van der Waals surface area contributed by atoms with E-state index in [0.717, 1.165) is 38.4 Å². The van der Waals surface area contributed by atoms with Crippen molar-refractivity contribution in [2.75, 3.05) is 26.2 Å². The van der Waals surface area contributed by atoms with Crippen molar-refractivity contribution in [3.05, 3.63) is 16.1 Å². The van der Waals surface area contributed by atoms with Crippen molar-refractivity contribution < 1.29 is 0 Å². The molecule has 0 aliphatic carbocycles. The van der Waals surface area contributed by atoms with E-state index in [-0.39, 0.29) is 0 Å². The van der Waals surface area contributed by atoms with Crippen LogP contribution < -0.4 is 0 Å². The third kappa shape index (κ3) is 3.67. The lowest BCUT2D eigenvalue weighted by molar-refractivity contribution is 0.0590. The van der Waals surface area contributed by atoms with Gasteiger partial charge in [-0.2, -0.15) is 0 Å². The predicted octanol–water partition coefficient (Wildman–Crippen LogP) is 2.80. The van der Waals surface area contributed by atoms with Crippen LogP contribution in [0.1, 0.15) is 31.5 Å². The monoisotopic (exact) mass is 287 g/mol. The second-order valence-corrected chi connectivity index (χ2v) is 7.01. The Labute approximate surface area is 119 Å². The molecule has 0 unspecified atom stereocenters. The molecule has 1 saturated heterocycles. The maximum absolute atomic E-state index is 5.78. The Balaban J connectivity index is 1.83. The minimum absolute atomic E-state index is 0.291. The molecule has 0 radical (unpaired) electrons. The fourth-order valence-corrected chi connectivity index (χ4v) is 3.31. The van der Waals surface area contributed by atoms with E-state index in [4.69, 9.17) is 11.6 Å². The average Bonchev–Trinajstić information content (AvgIpc) is 2.76. The van der Waals surface area contributed by atoms with Crippen molar-refractivity contribution in [1.82, 2.24) is 14.8 Å². The van der Waals surface area contributed by atoms with Crippen LogP contribution in [0.5, 0.6) is 0 Å². The summed E-state index contributed by atoms with van der Waals surface area (Å²) in [6.07, 6.45) is 0. The summed E-state index contributed by atoms with van der Waals surface area (Å²) in [5.41, 5.74) is 1.30. The zero-order valence-electron chi connectivity index (χ0n) is 11.4. The van der Waals surface area contributed by atoms with Gasteiger partial charge in [-0.05, 0) is 20.8 Å². The Morgan fingerprint density at radius 2 is 1.94 bits per heavy atom. The highest BCUT2D eigenvalue weighted by Gasteiger charge is 2.25. The molecule has 3 nitrogen and oxygen atoms in total. The second-order valence-electron chi connectivity index (χ2n) is 5.80. The largest absolute Gasteiger partial charge is 0.296 e. The number of halogens is 1. The van der Waals surface area contributed by atoms with E-state index in [1.165, 1.54) is 5.01 Å². The fraction of sp³-hybridized carbons (Fsp3) is 0.769. The molecule has 2 heterocycles. The van der Waals surface area contributed by atoms with Crippen LogP contribution in [0.25, 0.3) is 0 Å². The second kappa shape index (κ2) is 5.87. The first kappa shape index (κ1) is 14.3. The third-order valence-electron chi connectivity index (χ3n) is 3.42. The first-order chi connectivity index (χ1) is 8.49. The van der Waals surface area contributed by atoms with Gasteiger partial charge in [-0.15, -0.1) is 22.9 Å². The molecule has 1 aliphatic heterocycles. The van der Waals surface area contributed by atoms with Gasteiger partial charge in [0.1, 0.15) is 5.01 Å². The maximum Gasteiger partial charge on any atom is 0.107 e. The van der Waals surface area contributed by atoms with E-state index < -0.39 is 0 Å². The highest BCUT2D eigenvalue weighted by Crippen LogP contribution is 2.18. The predicted molar refractivity (Wildman–Crippen MR) is 78.3 cm³/mol. The summed E-state index contributed by atoms with van der Waals surface area (Å²) in [7, 11) is 0. The van der Waals surface area contributed by atoms with Crippen LogP contribution in [0.3, 0.4) is 0 Å². The molecule has 102 valence electrons. The topological polar surface area (TPSA) is 19.4 Å². The van der Waals surface area contributed by atoms with Gasteiger partial charge in [0.25, 0.3) is 0 Å². The fourth-order valence-electron chi connectivity index (χ4n) is 2.25. The Kier molecular flexibility index (Phi) is 4.64. The third-order valence-corrected chi connectivity index (χ3v) is 4.57. The number of thiazole rings is 1. The van der Waals surface area contributed by atoms with Crippen molar-refractivity contribution >= 4 is 22.9 Å². The minimum Gasteiger partial charge on any atom is -0.296 e.